The van der Waals surface area contributed by atoms with Crippen LogP contribution in [-0.4, -0.2) is 69.1 Å². The SMILES string of the molecule is COc1cc(CC(=O)Nc2cc([C@H]3CC[C@@H](OC(=O)N4C[C@H](O)[C@H]4C)C3)[nH]n2)ccn1. The van der Waals surface area contributed by atoms with Crippen molar-refractivity contribution in [1.29, 1.82) is 0 Å². The van der Waals surface area contributed by atoms with Crippen molar-refractivity contribution < 1.29 is 24.2 Å². The van der Waals surface area contributed by atoms with Gasteiger partial charge in [-0.2, -0.15) is 5.10 Å². The number of aromatic amines is 1. The van der Waals surface area contributed by atoms with Crippen molar-refractivity contribution in [2.45, 2.75) is 56.8 Å². The summed E-state index contributed by atoms with van der Waals surface area (Å²) in [5, 5.41) is 19.5. The van der Waals surface area contributed by atoms with Crippen LogP contribution in [0.15, 0.2) is 24.4 Å². The normalized spacial score (nSPS) is 25.1. The molecule has 0 unspecified atom stereocenters. The van der Waals surface area contributed by atoms with Gasteiger partial charge in [-0.25, -0.2) is 9.78 Å². The van der Waals surface area contributed by atoms with Gasteiger partial charge in [0.2, 0.25) is 11.8 Å². The second kappa shape index (κ2) is 8.93. The van der Waals surface area contributed by atoms with E-state index in [-0.39, 0.29) is 36.5 Å². The van der Waals surface area contributed by atoms with E-state index < -0.39 is 6.10 Å². The van der Waals surface area contributed by atoms with Gasteiger partial charge in [-0.3, -0.25) is 9.89 Å². The molecule has 166 valence electrons. The van der Waals surface area contributed by atoms with Crippen LogP contribution in [0.25, 0.3) is 0 Å². The van der Waals surface area contributed by atoms with Crippen LogP contribution in [0, 0.1) is 0 Å². The van der Waals surface area contributed by atoms with Gasteiger partial charge in [-0.15, -0.1) is 0 Å². The van der Waals surface area contributed by atoms with Crippen molar-refractivity contribution in [3.63, 3.8) is 0 Å². The number of anilines is 1. The number of β-amino-alcohol motifs (C(OH)–C–C–N with tert-alkyl or cyclic N) is 1. The predicted molar refractivity (Wildman–Crippen MR) is 111 cm³/mol. The van der Waals surface area contributed by atoms with Crippen molar-refractivity contribution in [3.8, 4) is 5.88 Å². The molecule has 4 atom stereocenters. The standard InChI is InChI=1S/C21H27N5O5/c1-12-17(27)11-26(12)21(29)31-15-4-3-14(9-15)16-10-18(25-24-16)23-19(28)7-13-5-6-22-20(8-13)30-2/h5-6,8,10,12,14-15,17,27H,3-4,7,9,11H2,1-2H3,(H2,23,24,25,28)/t12-,14+,15-,17+/m1/s1. The molecule has 3 N–H and O–H groups in total. The van der Waals surface area contributed by atoms with Gasteiger partial charge in [0.1, 0.15) is 6.10 Å². The molecule has 0 bridgehead atoms. The molecule has 1 aliphatic carbocycles. The van der Waals surface area contributed by atoms with Crippen molar-refractivity contribution in [1.82, 2.24) is 20.1 Å². The van der Waals surface area contributed by atoms with Gasteiger partial charge in [-0.05, 0) is 37.8 Å². The maximum Gasteiger partial charge on any atom is 0.410 e. The molecule has 2 aromatic heterocycles. The molecule has 1 aliphatic heterocycles. The number of aliphatic hydroxyl groups is 1. The molecule has 4 rings (SSSR count). The van der Waals surface area contributed by atoms with Crippen LogP contribution in [0.3, 0.4) is 0 Å². The highest BCUT2D eigenvalue weighted by Crippen LogP contribution is 2.36. The Morgan fingerprint density at radius 1 is 1.35 bits per heavy atom. The topological polar surface area (TPSA) is 130 Å². The molecule has 1 saturated heterocycles. The van der Waals surface area contributed by atoms with E-state index in [9.17, 15) is 14.7 Å². The number of amides is 2. The molecular weight excluding hydrogens is 402 g/mol. The summed E-state index contributed by atoms with van der Waals surface area (Å²) in [6.07, 6.45) is 3.12. The number of aliphatic hydroxyl groups excluding tert-OH is 1. The number of methoxy groups -OCH3 is 1. The molecule has 3 heterocycles. The molecule has 2 fully saturated rings. The molecule has 31 heavy (non-hydrogen) atoms. The fourth-order valence-electron chi connectivity index (χ4n) is 4.03. The van der Waals surface area contributed by atoms with E-state index in [1.807, 2.05) is 6.07 Å². The summed E-state index contributed by atoms with van der Waals surface area (Å²) in [6, 6.07) is 5.11. The molecule has 10 heteroatoms. The number of likely N-dealkylation sites (tertiary alicyclic amines) is 1. The van der Waals surface area contributed by atoms with E-state index in [2.05, 4.69) is 20.5 Å². The molecule has 1 saturated carbocycles. The molecule has 10 nitrogen and oxygen atoms in total. The minimum atomic E-state index is -0.469. The van der Waals surface area contributed by atoms with Crippen LogP contribution in [0.2, 0.25) is 0 Å². The number of carbonyl (C=O) groups is 2. The van der Waals surface area contributed by atoms with E-state index in [1.165, 1.54) is 7.11 Å². The smallest absolute Gasteiger partial charge is 0.410 e. The minimum absolute atomic E-state index is 0.162. The van der Waals surface area contributed by atoms with Crippen molar-refractivity contribution in [3.05, 3.63) is 35.7 Å². The fourth-order valence-corrected chi connectivity index (χ4v) is 4.03. The van der Waals surface area contributed by atoms with Gasteiger partial charge < -0.3 is 24.8 Å². The van der Waals surface area contributed by atoms with Crippen LogP contribution < -0.4 is 10.1 Å². The lowest BCUT2D eigenvalue weighted by molar-refractivity contribution is -0.115. The third kappa shape index (κ3) is 4.79. The average Bonchev–Trinajstić information content (AvgIpc) is 3.41. The number of nitrogens with one attached hydrogen (secondary N) is 2. The van der Waals surface area contributed by atoms with Gasteiger partial charge in [0.25, 0.3) is 0 Å². The van der Waals surface area contributed by atoms with E-state index in [0.29, 0.717) is 24.7 Å². The number of hydrogen-bond donors (Lipinski definition) is 3. The quantitative estimate of drug-likeness (QED) is 0.639. The monoisotopic (exact) mass is 429 g/mol. The summed E-state index contributed by atoms with van der Waals surface area (Å²) in [7, 11) is 1.53. The molecular formula is C21H27N5O5. The van der Waals surface area contributed by atoms with Gasteiger partial charge >= 0.3 is 6.09 Å². The Labute approximate surface area is 179 Å². The molecule has 0 radical (unpaired) electrons. The Kier molecular flexibility index (Phi) is 6.08. The lowest BCUT2D eigenvalue weighted by atomic mass is 10.0. The van der Waals surface area contributed by atoms with E-state index in [4.69, 9.17) is 9.47 Å². The van der Waals surface area contributed by atoms with Crippen LogP contribution in [0.4, 0.5) is 10.6 Å². The zero-order chi connectivity index (χ0) is 22.0. The molecule has 2 amide bonds. The highest BCUT2D eigenvalue weighted by molar-refractivity contribution is 5.91. The molecule has 0 aromatic carbocycles. The molecule has 2 aromatic rings. The number of pyridine rings is 1. The molecule has 0 spiro atoms. The number of rotatable bonds is 6. The van der Waals surface area contributed by atoms with E-state index in [0.717, 1.165) is 24.1 Å². The molecule has 2 aliphatic rings. The third-order valence-corrected chi connectivity index (χ3v) is 6.00. The lowest BCUT2D eigenvalue weighted by Gasteiger charge is -2.42. The summed E-state index contributed by atoms with van der Waals surface area (Å²) in [4.78, 5) is 30.1. The summed E-state index contributed by atoms with van der Waals surface area (Å²) >= 11 is 0. The average molecular weight is 429 g/mol. The van der Waals surface area contributed by atoms with E-state index in [1.54, 1.807) is 30.2 Å². The third-order valence-electron chi connectivity index (χ3n) is 6.00. The second-order valence-electron chi connectivity index (χ2n) is 8.12. The maximum absolute atomic E-state index is 12.3. The second-order valence-corrected chi connectivity index (χ2v) is 8.12. The summed E-state index contributed by atoms with van der Waals surface area (Å²) in [5.41, 5.74) is 1.71. The van der Waals surface area contributed by atoms with Crippen molar-refractivity contribution >= 4 is 17.8 Å². The van der Waals surface area contributed by atoms with Crippen LogP contribution >= 0.6 is 0 Å². The Morgan fingerprint density at radius 2 is 2.19 bits per heavy atom. The van der Waals surface area contributed by atoms with E-state index >= 15 is 0 Å². The highest BCUT2D eigenvalue weighted by Gasteiger charge is 2.40. The van der Waals surface area contributed by atoms with Crippen molar-refractivity contribution in [2.75, 3.05) is 19.0 Å². The Morgan fingerprint density at radius 3 is 2.94 bits per heavy atom. The van der Waals surface area contributed by atoms with Gasteiger partial charge in [0.05, 0.1) is 32.2 Å². The number of hydrogen-bond acceptors (Lipinski definition) is 7. The fraction of sp³-hybridized carbons (Fsp3) is 0.524. The number of nitrogens with zero attached hydrogens (tertiary/aromatic N) is 3. The first-order valence-corrected chi connectivity index (χ1v) is 10.4. The van der Waals surface area contributed by atoms with Gasteiger partial charge in [0, 0.05) is 29.9 Å². The summed E-state index contributed by atoms with van der Waals surface area (Å²) in [6.45, 7) is 2.13. The number of aromatic nitrogens is 3. The van der Waals surface area contributed by atoms with Crippen molar-refractivity contribution in [2.24, 2.45) is 0 Å². The van der Waals surface area contributed by atoms with Crippen LogP contribution in [0.5, 0.6) is 5.88 Å². The lowest BCUT2D eigenvalue weighted by Crippen LogP contribution is -2.61. The number of carbonyl (C=O) groups excluding carboxylic acids is 2. The van der Waals surface area contributed by atoms with Crippen LogP contribution in [0.1, 0.15) is 43.4 Å². The predicted octanol–water partition coefficient (Wildman–Crippen LogP) is 1.83. The number of ether oxygens (including phenoxy) is 2. The number of H-pyrrole nitrogens is 1. The highest BCUT2D eigenvalue weighted by atomic mass is 16.6. The largest absolute Gasteiger partial charge is 0.481 e. The first-order valence-electron chi connectivity index (χ1n) is 10.4. The van der Waals surface area contributed by atoms with Crippen LogP contribution in [-0.2, 0) is 16.0 Å². The summed E-state index contributed by atoms with van der Waals surface area (Å²) in [5.74, 6) is 0.920. The maximum atomic E-state index is 12.3. The zero-order valence-electron chi connectivity index (χ0n) is 17.6. The first-order chi connectivity index (χ1) is 14.9. The zero-order valence-corrected chi connectivity index (χ0v) is 17.6. The van der Waals surface area contributed by atoms with Gasteiger partial charge in [0.15, 0.2) is 5.82 Å². The Balaban J connectivity index is 1.27. The Hall–Kier alpha value is -3.14. The minimum Gasteiger partial charge on any atom is -0.481 e. The summed E-state index contributed by atoms with van der Waals surface area (Å²) < 4.78 is 10.7. The van der Waals surface area contributed by atoms with Gasteiger partial charge in [-0.1, -0.05) is 0 Å². The Bertz CT molecular complexity index is 948. The first kappa shape index (κ1) is 21.1.